The maximum Gasteiger partial charge on any atom is 0.410 e. The molecule has 4 rings (SSSR count). The van der Waals surface area contributed by atoms with Gasteiger partial charge in [-0.05, 0) is 45.0 Å². The molecule has 1 aliphatic heterocycles. The molecule has 0 aliphatic carbocycles. The third-order valence-corrected chi connectivity index (χ3v) is 4.85. The number of halogens is 2. The SMILES string of the molecule is CC(C)(C)OC(=O)N1CC(Nc2cccc(-n3cnc4ccccc43)n2)CC(F)(F)C1. The molecule has 164 valence electrons. The minimum atomic E-state index is -3.02. The predicted octanol–water partition coefficient (Wildman–Crippen LogP) is 4.48. The van der Waals surface area contributed by atoms with E-state index in [9.17, 15) is 13.6 Å². The molecule has 31 heavy (non-hydrogen) atoms. The molecule has 0 bridgehead atoms. The van der Waals surface area contributed by atoms with Crippen molar-refractivity contribution in [1.82, 2.24) is 19.4 Å². The van der Waals surface area contributed by atoms with Gasteiger partial charge in [0.25, 0.3) is 5.92 Å². The molecule has 7 nitrogen and oxygen atoms in total. The van der Waals surface area contributed by atoms with Gasteiger partial charge < -0.3 is 15.0 Å². The van der Waals surface area contributed by atoms with Crippen LogP contribution >= 0.6 is 0 Å². The van der Waals surface area contributed by atoms with Crippen molar-refractivity contribution in [3.63, 3.8) is 0 Å². The molecule has 1 fully saturated rings. The first-order valence-corrected chi connectivity index (χ1v) is 10.1. The number of nitrogens with one attached hydrogen (secondary N) is 1. The lowest BCUT2D eigenvalue weighted by atomic mass is 10.0. The van der Waals surface area contributed by atoms with E-state index >= 15 is 0 Å². The van der Waals surface area contributed by atoms with E-state index in [1.807, 2.05) is 34.9 Å². The number of alkyl halides is 2. The molecule has 1 N–H and O–H groups in total. The van der Waals surface area contributed by atoms with Crippen LogP contribution in [-0.2, 0) is 4.74 Å². The second-order valence-electron chi connectivity index (χ2n) is 8.75. The molecule has 1 amide bonds. The summed E-state index contributed by atoms with van der Waals surface area (Å²) in [5.41, 5.74) is 0.978. The number of fused-ring (bicyclic) bond motifs is 1. The van der Waals surface area contributed by atoms with Crippen LogP contribution < -0.4 is 5.32 Å². The highest BCUT2D eigenvalue weighted by atomic mass is 19.3. The van der Waals surface area contributed by atoms with Gasteiger partial charge in [-0.2, -0.15) is 0 Å². The number of carbonyl (C=O) groups excluding carboxylic acids is 1. The predicted molar refractivity (Wildman–Crippen MR) is 114 cm³/mol. The third kappa shape index (κ3) is 4.92. The zero-order valence-corrected chi connectivity index (χ0v) is 17.7. The van der Waals surface area contributed by atoms with Crippen LogP contribution in [0, 0.1) is 0 Å². The molecule has 1 unspecified atom stereocenters. The lowest BCUT2D eigenvalue weighted by Crippen LogP contribution is -2.54. The summed E-state index contributed by atoms with van der Waals surface area (Å²) in [6, 6.07) is 12.3. The highest BCUT2D eigenvalue weighted by Gasteiger charge is 2.43. The van der Waals surface area contributed by atoms with Crippen molar-refractivity contribution >= 4 is 22.9 Å². The molecule has 1 atom stereocenters. The Labute approximate surface area is 179 Å². The topological polar surface area (TPSA) is 72.3 Å². The van der Waals surface area contributed by atoms with Crippen molar-refractivity contribution in [3.8, 4) is 5.82 Å². The molecule has 3 heterocycles. The van der Waals surface area contributed by atoms with Crippen molar-refractivity contribution in [2.75, 3.05) is 18.4 Å². The van der Waals surface area contributed by atoms with E-state index in [0.717, 1.165) is 15.9 Å². The van der Waals surface area contributed by atoms with Crippen molar-refractivity contribution < 1.29 is 18.3 Å². The maximum absolute atomic E-state index is 14.4. The van der Waals surface area contributed by atoms with Crippen molar-refractivity contribution in [1.29, 1.82) is 0 Å². The van der Waals surface area contributed by atoms with Crippen molar-refractivity contribution in [2.45, 2.75) is 44.8 Å². The Hall–Kier alpha value is -3.23. The zero-order valence-electron chi connectivity index (χ0n) is 17.7. The van der Waals surface area contributed by atoms with E-state index in [2.05, 4.69) is 15.3 Å². The highest BCUT2D eigenvalue weighted by Crippen LogP contribution is 2.29. The van der Waals surface area contributed by atoms with Crippen LogP contribution in [0.4, 0.5) is 19.4 Å². The maximum atomic E-state index is 14.4. The van der Waals surface area contributed by atoms with Crippen LogP contribution in [0.2, 0.25) is 0 Å². The number of nitrogens with zero attached hydrogens (tertiary/aromatic N) is 4. The summed E-state index contributed by atoms with van der Waals surface area (Å²) >= 11 is 0. The summed E-state index contributed by atoms with van der Waals surface area (Å²) in [5, 5.41) is 3.06. The number of carbonyl (C=O) groups is 1. The van der Waals surface area contributed by atoms with Crippen molar-refractivity contribution in [3.05, 3.63) is 48.8 Å². The number of aromatic nitrogens is 3. The summed E-state index contributed by atoms with van der Waals surface area (Å²) in [6.45, 7) is 4.56. The van der Waals surface area contributed by atoms with Gasteiger partial charge in [0.15, 0.2) is 0 Å². The number of imidazole rings is 1. The number of hydrogen-bond acceptors (Lipinski definition) is 5. The molecule has 0 saturated carbocycles. The number of rotatable bonds is 3. The number of para-hydroxylation sites is 2. The summed E-state index contributed by atoms with van der Waals surface area (Å²) < 4.78 is 35.8. The number of benzene rings is 1. The fraction of sp³-hybridized carbons (Fsp3) is 0.409. The van der Waals surface area contributed by atoms with E-state index in [1.165, 1.54) is 0 Å². The van der Waals surface area contributed by atoms with Gasteiger partial charge in [0.05, 0.1) is 23.6 Å². The first-order valence-electron chi connectivity index (χ1n) is 10.1. The number of pyridine rings is 1. The standard InChI is InChI=1S/C22H25F2N5O2/c1-21(2,3)31-20(30)28-12-15(11-22(23,24)13-28)26-18-9-6-10-19(27-18)29-14-25-16-7-4-5-8-17(16)29/h4-10,14-15H,11-13H2,1-3H3,(H,26,27). The van der Waals surface area contributed by atoms with Gasteiger partial charge in [-0.25, -0.2) is 23.5 Å². The first-order chi connectivity index (χ1) is 14.6. The van der Waals surface area contributed by atoms with Gasteiger partial charge in [-0.1, -0.05) is 18.2 Å². The number of likely N-dealkylation sites (tertiary alicyclic amines) is 1. The number of hydrogen-bond donors (Lipinski definition) is 1. The molecule has 1 aliphatic rings. The number of amides is 1. The van der Waals surface area contributed by atoms with Crippen LogP contribution in [0.15, 0.2) is 48.8 Å². The van der Waals surface area contributed by atoms with Crippen molar-refractivity contribution in [2.24, 2.45) is 0 Å². The van der Waals surface area contributed by atoms with E-state index in [1.54, 1.807) is 39.2 Å². The molecule has 2 aromatic heterocycles. The molecule has 1 saturated heterocycles. The number of ether oxygens (including phenoxy) is 1. The van der Waals surface area contributed by atoms with E-state index in [4.69, 9.17) is 4.74 Å². The minimum absolute atomic E-state index is 0.102. The second-order valence-corrected chi connectivity index (χ2v) is 8.75. The quantitative estimate of drug-likeness (QED) is 0.665. The highest BCUT2D eigenvalue weighted by molar-refractivity contribution is 5.76. The minimum Gasteiger partial charge on any atom is -0.444 e. The fourth-order valence-electron chi connectivity index (χ4n) is 3.65. The Bertz CT molecular complexity index is 1090. The summed E-state index contributed by atoms with van der Waals surface area (Å²) in [4.78, 5) is 22.3. The van der Waals surface area contributed by atoms with Crippen LogP contribution in [0.3, 0.4) is 0 Å². The van der Waals surface area contributed by atoms with Gasteiger partial charge in [0.2, 0.25) is 0 Å². The van der Waals surface area contributed by atoms with Crippen LogP contribution in [0.1, 0.15) is 27.2 Å². The average Bonchev–Trinajstić information content (AvgIpc) is 3.10. The third-order valence-electron chi connectivity index (χ3n) is 4.85. The van der Waals surface area contributed by atoms with Gasteiger partial charge in [0.1, 0.15) is 23.6 Å². The molecule has 9 heteroatoms. The van der Waals surface area contributed by atoms with Gasteiger partial charge in [-0.15, -0.1) is 0 Å². The van der Waals surface area contributed by atoms with Gasteiger partial charge >= 0.3 is 6.09 Å². The van der Waals surface area contributed by atoms with E-state index < -0.39 is 36.6 Å². The monoisotopic (exact) mass is 429 g/mol. The van der Waals surface area contributed by atoms with Crippen LogP contribution in [0.25, 0.3) is 16.9 Å². The van der Waals surface area contributed by atoms with Crippen LogP contribution in [0.5, 0.6) is 0 Å². The van der Waals surface area contributed by atoms with E-state index in [-0.39, 0.29) is 6.54 Å². The fourth-order valence-corrected chi connectivity index (χ4v) is 3.65. The Morgan fingerprint density at radius 3 is 2.74 bits per heavy atom. The summed E-state index contributed by atoms with van der Waals surface area (Å²) in [6.07, 6.45) is 0.535. The van der Waals surface area contributed by atoms with Gasteiger partial charge in [-0.3, -0.25) is 4.57 Å². The lowest BCUT2D eigenvalue weighted by molar-refractivity contribution is -0.0722. The Kier molecular flexibility index (Phi) is 5.28. The molecule has 0 radical (unpaired) electrons. The lowest BCUT2D eigenvalue weighted by Gasteiger charge is -2.38. The average molecular weight is 429 g/mol. The molecule has 3 aromatic rings. The van der Waals surface area contributed by atoms with E-state index in [0.29, 0.717) is 11.6 Å². The molecular weight excluding hydrogens is 404 g/mol. The summed E-state index contributed by atoms with van der Waals surface area (Å²) in [5.74, 6) is -1.96. The summed E-state index contributed by atoms with van der Waals surface area (Å²) in [7, 11) is 0. The van der Waals surface area contributed by atoms with Gasteiger partial charge in [0, 0.05) is 13.0 Å². The largest absolute Gasteiger partial charge is 0.444 e. The Morgan fingerprint density at radius 2 is 1.97 bits per heavy atom. The molecular formula is C22H25F2N5O2. The molecule has 1 aromatic carbocycles. The second kappa shape index (κ2) is 7.79. The first kappa shape index (κ1) is 21.0. The Morgan fingerprint density at radius 1 is 1.19 bits per heavy atom. The smallest absolute Gasteiger partial charge is 0.410 e. The zero-order chi connectivity index (χ0) is 22.2. The number of anilines is 1. The molecule has 0 spiro atoms. The Balaban J connectivity index is 1.53. The number of piperidine rings is 1. The van der Waals surface area contributed by atoms with Crippen LogP contribution in [-0.4, -0.2) is 56.2 Å². The normalized spacial score (nSPS) is 18.7.